The quantitative estimate of drug-likeness (QED) is 0.789. The molecule has 1 aromatic rings. The van der Waals surface area contributed by atoms with Crippen molar-refractivity contribution in [3.05, 3.63) is 29.8 Å². The Labute approximate surface area is 135 Å². The number of hydrogen-bond donors (Lipinski definition) is 2. The van der Waals surface area contributed by atoms with E-state index in [9.17, 15) is 18.0 Å². The first kappa shape index (κ1) is 17.3. The molecule has 0 aromatic heterocycles. The van der Waals surface area contributed by atoms with Crippen LogP contribution in [-0.2, 0) is 14.6 Å². The van der Waals surface area contributed by atoms with Gasteiger partial charge in [-0.3, -0.25) is 0 Å². The van der Waals surface area contributed by atoms with Gasteiger partial charge in [-0.15, -0.1) is 0 Å². The van der Waals surface area contributed by atoms with Gasteiger partial charge in [-0.2, -0.15) is 0 Å². The monoisotopic (exact) mass is 340 g/mol. The fourth-order valence-corrected chi connectivity index (χ4v) is 4.21. The molecule has 0 spiro atoms. The van der Waals surface area contributed by atoms with Gasteiger partial charge in [0.1, 0.15) is 0 Å². The van der Waals surface area contributed by atoms with Gasteiger partial charge in [0.05, 0.1) is 23.7 Å². The topological polar surface area (TPSA) is 102 Å². The number of rotatable bonds is 5. The van der Waals surface area contributed by atoms with Gasteiger partial charge in [-0.1, -0.05) is 0 Å². The minimum absolute atomic E-state index is 0.0306. The molecule has 0 saturated carbocycles. The molecule has 1 unspecified atom stereocenters. The van der Waals surface area contributed by atoms with Gasteiger partial charge in [-0.25, -0.2) is 18.0 Å². The fourth-order valence-electron chi connectivity index (χ4n) is 2.35. The average molecular weight is 340 g/mol. The van der Waals surface area contributed by atoms with E-state index in [0.29, 0.717) is 30.8 Å². The van der Waals surface area contributed by atoms with Gasteiger partial charge < -0.3 is 15.4 Å². The number of amides is 2. The van der Waals surface area contributed by atoms with Crippen LogP contribution in [0.4, 0.5) is 10.5 Å². The minimum Gasteiger partial charge on any atom is -0.462 e. The molecule has 126 valence electrons. The van der Waals surface area contributed by atoms with E-state index in [-0.39, 0.29) is 17.4 Å². The third-order valence-corrected chi connectivity index (χ3v) is 5.37. The van der Waals surface area contributed by atoms with Crippen LogP contribution < -0.4 is 10.6 Å². The summed E-state index contributed by atoms with van der Waals surface area (Å²) in [5.41, 5.74) is 0.948. The maximum Gasteiger partial charge on any atom is 0.338 e. The lowest BCUT2D eigenvalue weighted by molar-refractivity contribution is 0.0526. The maximum absolute atomic E-state index is 11.8. The summed E-state index contributed by atoms with van der Waals surface area (Å²) >= 11 is 0. The first-order valence-corrected chi connectivity index (χ1v) is 9.24. The van der Waals surface area contributed by atoms with E-state index in [0.717, 1.165) is 0 Å². The zero-order chi connectivity index (χ0) is 16.9. The molecule has 1 fully saturated rings. The predicted molar refractivity (Wildman–Crippen MR) is 86.2 cm³/mol. The zero-order valence-electron chi connectivity index (χ0n) is 12.9. The molecule has 1 aromatic carbocycles. The molecule has 1 aliphatic rings. The maximum atomic E-state index is 11.8. The van der Waals surface area contributed by atoms with Crippen molar-refractivity contribution in [3.63, 3.8) is 0 Å². The van der Waals surface area contributed by atoms with Crippen LogP contribution in [0.2, 0.25) is 0 Å². The lowest BCUT2D eigenvalue weighted by Gasteiger charge is -2.11. The molecule has 0 bridgehead atoms. The largest absolute Gasteiger partial charge is 0.462 e. The van der Waals surface area contributed by atoms with Crippen LogP contribution in [-0.4, -0.2) is 45.1 Å². The molecule has 1 heterocycles. The lowest BCUT2D eigenvalue weighted by Crippen LogP contribution is -2.33. The van der Waals surface area contributed by atoms with Crippen molar-refractivity contribution in [3.8, 4) is 0 Å². The molecule has 1 aliphatic heterocycles. The number of carbonyl (C=O) groups excluding carboxylic acids is 2. The highest BCUT2D eigenvalue weighted by Gasteiger charge is 2.27. The molecule has 8 heteroatoms. The molecule has 7 nitrogen and oxygen atoms in total. The Bertz CT molecular complexity index is 670. The normalized spacial score (nSPS) is 19.1. The van der Waals surface area contributed by atoms with Crippen molar-refractivity contribution in [2.45, 2.75) is 13.3 Å². The highest BCUT2D eigenvalue weighted by molar-refractivity contribution is 7.91. The van der Waals surface area contributed by atoms with E-state index in [1.165, 1.54) is 0 Å². The standard InChI is InChI=1S/C15H20N2O5S/c1-2-22-14(18)12-3-5-13(6-4-12)17-15(19)16-9-11-7-8-23(20,21)10-11/h3-6,11H,2,7-10H2,1H3,(H2,16,17,19). The number of hydrogen-bond acceptors (Lipinski definition) is 5. The van der Waals surface area contributed by atoms with Crippen molar-refractivity contribution in [2.24, 2.45) is 5.92 Å². The summed E-state index contributed by atoms with van der Waals surface area (Å²) in [5.74, 6) is -0.125. The first-order valence-electron chi connectivity index (χ1n) is 7.42. The number of carbonyl (C=O) groups is 2. The van der Waals surface area contributed by atoms with Crippen LogP contribution >= 0.6 is 0 Å². The Hall–Kier alpha value is -2.09. The Morgan fingerprint density at radius 3 is 2.52 bits per heavy atom. The molecular formula is C15H20N2O5S. The van der Waals surface area contributed by atoms with Crippen LogP contribution in [0.25, 0.3) is 0 Å². The Morgan fingerprint density at radius 2 is 1.96 bits per heavy atom. The lowest BCUT2D eigenvalue weighted by atomic mass is 10.1. The molecule has 0 radical (unpaired) electrons. The molecule has 23 heavy (non-hydrogen) atoms. The van der Waals surface area contributed by atoms with E-state index in [4.69, 9.17) is 4.74 Å². The van der Waals surface area contributed by atoms with E-state index < -0.39 is 21.8 Å². The van der Waals surface area contributed by atoms with Gasteiger partial charge in [0.15, 0.2) is 9.84 Å². The Morgan fingerprint density at radius 1 is 1.26 bits per heavy atom. The van der Waals surface area contributed by atoms with E-state index in [1.54, 1.807) is 31.2 Å². The van der Waals surface area contributed by atoms with Gasteiger partial charge in [0.2, 0.25) is 0 Å². The van der Waals surface area contributed by atoms with Gasteiger partial charge in [0.25, 0.3) is 0 Å². The average Bonchev–Trinajstić information content (AvgIpc) is 2.85. The van der Waals surface area contributed by atoms with E-state index in [2.05, 4.69) is 10.6 Å². The summed E-state index contributed by atoms with van der Waals surface area (Å²) in [5, 5.41) is 5.30. The number of sulfone groups is 1. The van der Waals surface area contributed by atoms with Crippen molar-refractivity contribution < 1.29 is 22.7 Å². The number of esters is 1. The summed E-state index contributed by atoms with van der Waals surface area (Å²) < 4.78 is 27.6. The van der Waals surface area contributed by atoms with E-state index >= 15 is 0 Å². The highest BCUT2D eigenvalue weighted by atomic mass is 32.2. The molecular weight excluding hydrogens is 320 g/mol. The summed E-state index contributed by atoms with van der Waals surface area (Å²) in [6.07, 6.45) is 0.580. The zero-order valence-corrected chi connectivity index (χ0v) is 13.7. The van der Waals surface area contributed by atoms with Crippen LogP contribution in [0.1, 0.15) is 23.7 Å². The number of benzene rings is 1. The molecule has 2 N–H and O–H groups in total. The third kappa shape index (κ3) is 5.24. The van der Waals surface area contributed by atoms with E-state index in [1.807, 2.05) is 0 Å². The number of urea groups is 1. The highest BCUT2D eigenvalue weighted by Crippen LogP contribution is 2.17. The second kappa shape index (κ2) is 7.45. The summed E-state index contributed by atoms with van der Waals surface area (Å²) in [6, 6.07) is 5.93. The van der Waals surface area contributed by atoms with Gasteiger partial charge in [0, 0.05) is 12.2 Å². The second-order valence-electron chi connectivity index (χ2n) is 5.40. The van der Waals surface area contributed by atoms with Crippen molar-refractivity contribution >= 4 is 27.5 Å². The molecule has 2 rings (SSSR count). The van der Waals surface area contributed by atoms with Crippen LogP contribution in [0.15, 0.2) is 24.3 Å². The Kier molecular flexibility index (Phi) is 5.59. The van der Waals surface area contributed by atoms with Crippen LogP contribution in [0.5, 0.6) is 0 Å². The van der Waals surface area contributed by atoms with Crippen LogP contribution in [0, 0.1) is 5.92 Å². The van der Waals surface area contributed by atoms with Crippen molar-refractivity contribution in [2.75, 3.05) is 30.0 Å². The summed E-state index contributed by atoms with van der Waals surface area (Å²) in [6.45, 7) is 2.36. The number of ether oxygens (including phenoxy) is 1. The minimum atomic E-state index is -2.94. The number of nitrogens with one attached hydrogen (secondary N) is 2. The van der Waals surface area contributed by atoms with Crippen LogP contribution in [0.3, 0.4) is 0 Å². The Balaban J connectivity index is 1.80. The second-order valence-corrected chi connectivity index (χ2v) is 7.63. The predicted octanol–water partition coefficient (Wildman–Crippen LogP) is 1.42. The number of anilines is 1. The summed E-state index contributed by atoms with van der Waals surface area (Å²) in [7, 11) is -2.94. The van der Waals surface area contributed by atoms with Gasteiger partial charge in [-0.05, 0) is 43.5 Å². The first-order chi connectivity index (χ1) is 10.9. The molecule has 2 amide bonds. The summed E-state index contributed by atoms with van der Waals surface area (Å²) in [4.78, 5) is 23.3. The third-order valence-electron chi connectivity index (χ3n) is 3.53. The van der Waals surface area contributed by atoms with Crippen molar-refractivity contribution in [1.82, 2.24) is 5.32 Å². The SMILES string of the molecule is CCOC(=O)c1ccc(NC(=O)NCC2CCS(=O)(=O)C2)cc1. The molecule has 1 atom stereocenters. The van der Waals surface area contributed by atoms with Gasteiger partial charge >= 0.3 is 12.0 Å². The molecule has 0 aliphatic carbocycles. The molecule has 1 saturated heterocycles. The van der Waals surface area contributed by atoms with Crippen molar-refractivity contribution in [1.29, 1.82) is 0 Å². The fraction of sp³-hybridized carbons (Fsp3) is 0.467. The smallest absolute Gasteiger partial charge is 0.338 e.